The van der Waals surface area contributed by atoms with Crippen molar-refractivity contribution < 1.29 is 8.78 Å². The predicted octanol–water partition coefficient (Wildman–Crippen LogP) is 3.23. The summed E-state index contributed by atoms with van der Waals surface area (Å²) in [4.78, 5) is 0.810. The van der Waals surface area contributed by atoms with Gasteiger partial charge in [0, 0.05) is 12.1 Å². The van der Waals surface area contributed by atoms with Gasteiger partial charge in [-0.3, -0.25) is 0 Å². The van der Waals surface area contributed by atoms with Crippen molar-refractivity contribution in [2.45, 2.75) is 20.4 Å². The summed E-state index contributed by atoms with van der Waals surface area (Å²) < 4.78 is 30.7. The fourth-order valence-corrected chi connectivity index (χ4v) is 2.31. The van der Waals surface area contributed by atoms with Crippen LogP contribution in [0.3, 0.4) is 0 Å². The number of nitrogens with zero attached hydrogens (tertiary/aromatic N) is 2. The number of hydrogen-bond acceptors (Lipinski definition) is 4. The van der Waals surface area contributed by atoms with Crippen molar-refractivity contribution in [1.82, 2.24) is 14.9 Å². The third kappa shape index (κ3) is 3.54. The fourth-order valence-electron chi connectivity index (χ4n) is 1.68. The van der Waals surface area contributed by atoms with E-state index in [-0.39, 0.29) is 5.56 Å². The highest BCUT2D eigenvalue weighted by atomic mass is 32.1. The van der Waals surface area contributed by atoms with E-state index in [0.717, 1.165) is 29.6 Å². The number of nitrogens with one attached hydrogen (secondary N) is 1. The van der Waals surface area contributed by atoms with Crippen molar-refractivity contribution in [3.8, 4) is 11.3 Å². The summed E-state index contributed by atoms with van der Waals surface area (Å²) >= 11 is 1.20. The largest absolute Gasteiger partial charge is 0.311 e. The Morgan fingerprint density at radius 1 is 1.32 bits per heavy atom. The molecule has 0 fully saturated rings. The third-order valence-electron chi connectivity index (χ3n) is 2.58. The minimum atomic E-state index is -0.487. The topological polar surface area (TPSA) is 37.8 Å². The van der Waals surface area contributed by atoms with Gasteiger partial charge in [-0.2, -0.15) is 0 Å². The lowest BCUT2D eigenvalue weighted by Gasteiger charge is -2.07. The van der Waals surface area contributed by atoms with E-state index < -0.39 is 11.6 Å². The summed E-state index contributed by atoms with van der Waals surface area (Å²) in [5.74, 6) is -0.445. The van der Waals surface area contributed by atoms with Crippen molar-refractivity contribution in [2.24, 2.45) is 5.92 Å². The highest BCUT2D eigenvalue weighted by Gasteiger charge is 2.15. The first-order chi connectivity index (χ1) is 9.08. The Hall–Kier alpha value is -1.40. The smallest absolute Gasteiger partial charge is 0.132 e. The summed E-state index contributed by atoms with van der Waals surface area (Å²) in [5, 5.41) is 7.15. The van der Waals surface area contributed by atoms with Crippen LogP contribution in [0.25, 0.3) is 11.3 Å². The van der Waals surface area contributed by atoms with E-state index in [1.54, 1.807) is 0 Å². The molecule has 0 saturated heterocycles. The Kier molecular flexibility index (Phi) is 4.55. The van der Waals surface area contributed by atoms with Gasteiger partial charge in [0.1, 0.15) is 17.3 Å². The van der Waals surface area contributed by atoms with Crippen molar-refractivity contribution in [3.63, 3.8) is 0 Å². The molecule has 0 radical (unpaired) electrons. The molecule has 2 rings (SSSR count). The van der Waals surface area contributed by atoms with Crippen LogP contribution in [0.15, 0.2) is 18.2 Å². The van der Waals surface area contributed by atoms with Crippen molar-refractivity contribution in [1.29, 1.82) is 0 Å². The second-order valence-corrected chi connectivity index (χ2v) is 5.53. The van der Waals surface area contributed by atoms with E-state index in [1.807, 2.05) is 0 Å². The highest BCUT2D eigenvalue weighted by Crippen LogP contribution is 2.27. The Morgan fingerprint density at radius 2 is 2.11 bits per heavy atom. The zero-order chi connectivity index (χ0) is 13.8. The molecule has 1 N–H and O–H groups in total. The van der Waals surface area contributed by atoms with Crippen LogP contribution in [0.2, 0.25) is 0 Å². The lowest BCUT2D eigenvalue weighted by molar-refractivity contribution is 0.554. The highest BCUT2D eigenvalue weighted by molar-refractivity contribution is 7.05. The lowest BCUT2D eigenvalue weighted by atomic mass is 10.1. The Bertz CT molecular complexity index is 555. The fraction of sp³-hybridized carbons (Fsp3) is 0.385. The summed E-state index contributed by atoms with van der Waals surface area (Å²) in [6.45, 7) is 5.61. The molecular formula is C13H15F2N3S. The average molecular weight is 283 g/mol. The molecule has 6 heteroatoms. The van der Waals surface area contributed by atoms with E-state index in [4.69, 9.17) is 0 Å². The normalized spacial score (nSPS) is 11.2. The van der Waals surface area contributed by atoms with Crippen LogP contribution >= 0.6 is 11.5 Å². The number of rotatable bonds is 5. The van der Waals surface area contributed by atoms with Gasteiger partial charge in [0.05, 0.1) is 4.88 Å². The van der Waals surface area contributed by atoms with Crippen LogP contribution in [0.4, 0.5) is 8.78 Å². The van der Waals surface area contributed by atoms with Crippen LogP contribution < -0.4 is 5.32 Å². The van der Waals surface area contributed by atoms with Crippen LogP contribution in [-0.4, -0.2) is 16.1 Å². The molecule has 1 heterocycles. The Morgan fingerprint density at radius 3 is 2.84 bits per heavy atom. The number of aromatic nitrogens is 2. The average Bonchev–Trinajstić information content (AvgIpc) is 2.80. The zero-order valence-electron chi connectivity index (χ0n) is 10.8. The number of halogens is 2. The maximum absolute atomic E-state index is 13.7. The quantitative estimate of drug-likeness (QED) is 0.915. The number of hydrogen-bond donors (Lipinski definition) is 1. The van der Waals surface area contributed by atoms with Gasteiger partial charge in [0.25, 0.3) is 0 Å². The maximum Gasteiger partial charge on any atom is 0.132 e. The summed E-state index contributed by atoms with van der Waals surface area (Å²) in [7, 11) is 0. The van der Waals surface area contributed by atoms with Crippen molar-refractivity contribution >= 4 is 11.5 Å². The van der Waals surface area contributed by atoms with E-state index in [0.29, 0.717) is 18.2 Å². The standard InChI is InChI=1S/C13H15F2N3S/c1-8(2)6-16-7-12-13(17-18-19-12)10-5-9(14)3-4-11(10)15/h3-5,8,16H,6-7H2,1-2H3. The molecule has 1 aromatic heterocycles. The molecule has 0 unspecified atom stereocenters. The maximum atomic E-state index is 13.7. The van der Waals surface area contributed by atoms with E-state index in [1.165, 1.54) is 11.5 Å². The van der Waals surface area contributed by atoms with Gasteiger partial charge in [-0.25, -0.2) is 8.78 Å². The second kappa shape index (κ2) is 6.16. The molecule has 0 amide bonds. The predicted molar refractivity (Wildman–Crippen MR) is 71.8 cm³/mol. The van der Waals surface area contributed by atoms with E-state index in [9.17, 15) is 8.78 Å². The molecule has 3 nitrogen and oxygen atoms in total. The van der Waals surface area contributed by atoms with E-state index >= 15 is 0 Å². The molecule has 0 atom stereocenters. The monoisotopic (exact) mass is 283 g/mol. The molecule has 0 aliphatic carbocycles. The van der Waals surface area contributed by atoms with Crippen molar-refractivity contribution in [2.75, 3.05) is 6.54 Å². The molecule has 1 aromatic carbocycles. The van der Waals surface area contributed by atoms with Gasteiger partial charge in [0.15, 0.2) is 0 Å². The van der Waals surface area contributed by atoms with Gasteiger partial charge < -0.3 is 5.32 Å². The summed E-state index contributed by atoms with van der Waals surface area (Å²) in [5.41, 5.74) is 0.577. The van der Waals surface area contributed by atoms with Gasteiger partial charge in [-0.15, -0.1) is 5.10 Å². The first-order valence-corrected chi connectivity index (χ1v) is 6.82. The first-order valence-electron chi connectivity index (χ1n) is 6.05. The van der Waals surface area contributed by atoms with Crippen LogP contribution in [0, 0.1) is 17.6 Å². The van der Waals surface area contributed by atoms with Crippen LogP contribution in [-0.2, 0) is 6.54 Å². The summed E-state index contributed by atoms with van der Waals surface area (Å²) in [6.07, 6.45) is 0. The van der Waals surface area contributed by atoms with Crippen LogP contribution in [0.5, 0.6) is 0 Å². The molecule has 0 aliphatic heterocycles. The minimum absolute atomic E-state index is 0.162. The summed E-state index contributed by atoms with van der Waals surface area (Å²) in [6, 6.07) is 3.35. The SMILES string of the molecule is CC(C)CNCc1snnc1-c1cc(F)ccc1F. The molecule has 19 heavy (non-hydrogen) atoms. The Balaban J connectivity index is 2.21. The molecule has 0 aliphatic rings. The second-order valence-electron chi connectivity index (χ2n) is 4.69. The van der Waals surface area contributed by atoms with Crippen LogP contribution in [0.1, 0.15) is 18.7 Å². The van der Waals surface area contributed by atoms with Gasteiger partial charge in [-0.05, 0) is 42.2 Å². The van der Waals surface area contributed by atoms with Gasteiger partial charge >= 0.3 is 0 Å². The Labute approximate surface area is 114 Å². The third-order valence-corrected chi connectivity index (χ3v) is 3.30. The van der Waals surface area contributed by atoms with E-state index in [2.05, 4.69) is 28.8 Å². The number of benzene rings is 1. The zero-order valence-corrected chi connectivity index (χ0v) is 11.6. The molecule has 0 bridgehead atoms. The minimum Gasteiger partial charge on any atom is -0.311 e. The first kappa shape index (κ1) is 14.0. The van der Waals surface area contributed by atoms with Gasteiger partial charge in [-0.1, -0.05) is 18.3 Å². The van der Waals surface area contributed by atoms with Crippen molar-refractivity contribution in [3.05, 3.63) is 34.7 Å². The molecular weight excluding hydrogens is 268 g/mol. The van der Waals surface area contributed by atoms with Gasteiger partial charge in [0.2, 0.25) is 0 Å². The molecule has 0 saturated carbocycles. The molecule has 2 aromatic rings. The molecule has 0 spiro atoms. The molecule has 102 valence electrons. The lowest BCUT2D eigenvalue weighted by Crippen LogP contribution is -2.18.